The number of ether oxygens (including phenoxy) is 2. The van der Waals surface area contributed by atoms with Crippen LogP contribution in [-0.4, -0.2) is 73.9 Å². The van der Waals surface area contributed by atoms with E-state index in [1.54, 1.807) is 18.2 Å². The maximum Gasteiger partial charge on any atom is 0.490 e. The zero-order valence-electron chi connectivity index (χ0n) is 28.6. The SMILES string of the molecule is NC1CCN(C(=O)[C@H](NS(=O)(=O)c2ccc3cc(OC4CCCC4)ccc3c2)C(F)(F)c2ccc(Cl)c(OC3CCCC3)c2)CC1.O=C(O)C(F)(F)F. The average molecular weight is 790 g/mol. The molecule has 1 saturated heterocycles. The van der Waals surface area contributed by atoms with Gasteiger partial charge in [-0.25, -0.2) is 13.2 Å². The topological polar surface area (TPSA) is 148 Å². The third-order valence-corrected chi connectivity index (χ3v) is 11.3. The van der Waals surface area contributed by atoms with Crippen molar-refractivity contribution >= 4 is 44.3 Å². The Balaban J connectivity index is 0.000000705. The van der Waals surface area contributed by atoms with Crippen molar-refractivity contribution in [2.45, 2.75) is 105 Å². The van der Waals surface area contributed by atoms with E-state index >= 15 is 8.78 Å². The van der Waals surface area contributed by atoms with Gasteiger partial charge < -0.3 is 25.2 Å². The Bertz CT molecular complexity index is 1880. The number of halogens is 6. The van der Waals surface area contributed by atoms with Crippen molar-refractivity contribution in [2.24, 2.45) is 5.73 Å². The van der Waals surface area contributed by atoms with Gasteiger partial charge >= 0.3 is 12.1 Å². The van der Waals surface area contributed by atoms with E-state index in [0.717, 1.165) is 68.9 Å². The van der Waals surface area contributed by atoms with Gasteiger partial charge in [0.1, 0.15) is 11.5 Å². The summed E-state index contributed by atoms with van der Waals surface area (Å²) in [5.41, 5.74) is 5.41. The minimum atomic E-state index is -5.08. The van der Waals surface area contributed by atoms with Crippen molar-refractivity contribution < 1.29 is 54.5 Å². The van der Waals surface area contributed by atoms with Crippen molar-refractivity contribution in [3.05, 3.63) is 65.2 Å². The number of alkyl halides is 5. The van der Waals surface area contributed by atoms with Crippen LogP contribution in [0.5, 0.6) is 11.5 Å². The molecule has 17 heteroatoms. The molecule has 3 aliphatic rings. The molecule has 53 heavy (non-hydrogen) atoms. The van der Waals surface area contributed by atoms with Crippen LogP contribution in [-0.2, 0) is 25.5 Å². The van der Waals surface area contributed by atoms with Gasteiger partial charge in [0.2, 0.25) is 15.9 Å². The number of rotatable bonds is 10. The summed E-state index contributed by atoms with van der Waals surface area (Å²) in [6.45, 7) is 0.290. The molecule has 0 spiro atoms. The number of benzene rings is 3. The summed E-state index contributed by atoms with van der Waals surface area (Å²) in [6.07, 6.45) is 3.57. The number of nitrogens with zero attached hydrogens (tertiary/aromatic N) is 1. The molecule has 2 saturated carbocycles. The third-order valence-electron chi connectivity index (χ3n) is 9.59. The van der Waals surface area contributed by atoms with E-state index in [-0.39, 0.29) is 47.0 Å². The number of fused-ring (bicyclic) bond motifs is 1. The predicted octanol–water partition coefficient (Wildman–Crippen LogP) is 7.16. The lowest BCUT2D eigenvalue weighted by Crippen LogP contribution is -2.58. The Labute approximate surface area is 308 Å². The van der Waals surface area contributed by atoms with E-state index in [1.165, 1.54) is 23.1 Å². The molecule has 0 radical (unpaired) electrons. The molecule has 1 aliphatic heterocycles. The predicted molar refractivity (Wildman–Crippen MR) is 187 cm³/mol. The fourth-order valence-electron chi connectivity index (χ4n) is 6.60. The number of hydrogen-bond donors (Lipinski definition) is 3. The van der Waals surface area contributed by atoms with E-state index in [2.05, 4.69) is 4.72 Å². The number of nitrogens with two attached hydrogens (primary N) is 1. The molecule has 0 bridgehead atoms. The highest BCUT2D eigenvalue weighted by molar-refractivity contribution is 7.89. The van der Waals surface area contributed by atoms with E-state index in [0.29, 0.717) is 24.0 Å². The lowest BCUT2D eigenvalue weighted by atomic mass is 9.98. The van der Waals surface area contributed by atoms with Gasteiger partial charge in [-0.15, -0.1) is 0 Å². The third kappa shape index (κ3) is 10.3. The number of carboxylic acids is 1. The Morgan fingerprint density at radius 3 is 1.96 bits per heavy atom. The summed E-state index contributed by atoms with van der Waals surface area (Å²) in [6, 6.07) is 10.6. The van der Waals surface area contributed by atoms with Gasteiger partial charge in [-0.2, -0.15) is 26.7 Å². The highest BCUT2D eigenvalue weighted by atomic mass is 35.5. The first kappa shape index (κ1) is 40.5. The number of nitrogens with one attached hydrogen (secondary N) is 1. The molecule has 4 N–H and O–H groups in total. The molecule has 1 atom stereocenters. The molecule has 0 unspecified atom stereocenters. The van der Waals surface area contributed by atoms with E-state index in [9.17, 15) is 26.4 Å². The van der Waals surface area contributed by atoms with E-state index in [4.69, 9.17) is 36.7 Å². The van der Waals surface area contributed by atoms with Crippen LogP contribution in [0.15, 0.2) is 59.5 Å². The van der Waals surface area contributed by atoms with Crippen LogP contribution in [0.3, 0.4) is 0 Å². The van der Waals surface area contributed by atoms with Crippen LogP contribution in [0.2, 0.25) is 5.02 Å². The molecular formula is C36H41ClF5N3O7S. The Kier molecular flexibility index (Phi) is 12.8. The molecular weight excluding hydrogens is 749 g/mol. The number of piperidine rings is 1. The second-order valence-corrected chi connectivity index (χ2v) is 15.6. The van der Waals surface area contributed by atoms with Crippen LogP contribution < -0.4 is 19.9 Å². The first-order valence-corrected chi connectivity index (χ1v) is 19.2. The monoisotopic (exact) mass is 789 g/mol. The number of amides is 1. The first-order valence-electron chi connectivity index (χ1n) is 17.4. The van der Waals surface area contributed by atoms with Gasteiger partial charge in [-0.05, 0) is 111 Å². The zero-order chi connectivity index (χ0) is 38.6. The van der Waals surface area contributed by atoms with Crippen molar-refractivity contribution in [3.63, 3.8) is 0 Å². The molecule has 6 rings (SSSR count). The van der Waals surface area contributed by atoms with Crippen molar-refractivity contribution in [1.82, 2.24) is 9.62 Å². The van der Waals surface area contributed by atoms with E-state index < -0.39 is 45.6 Å². The van der Waals surface area contributed by atoms with Crippen LogP contribution in [0.1, 0.15) is 69.8 Å². The number of likely N-dealkylation sites (tertiary alicyclic amines) is 1. The molecule has 10 nitrogen and oxygen atoms in total. The minimum Gasteiger partial charge on any atom is -0.490 e. The molecule has 290 valence electrons. The van der Waals surface area contributed by atoms with Crippen LogP contribution in [0, 0.1) is 0 Å². The lowest BCUT2D eigenvalue weighted by molar-refractivity contribution is -0.192. The molecule has 1 amide bonds. The quantitative estimate of drug-likeness (QED) is 0.184. The smallest absolute Gasteiger partial charge is 0.490 e. The standard InChI is InChI=1S/C34H40ClF2N3O5S.C2HF3O2/c35-30-14-11-24(21-31(30)45-27-7-3-4-8-27)34(36,37)32(33(41)40-17-15-25(38)16-18-40)39-46(42,43)29-13-10-22-19-28(12-9-23(22)20-29)44-26-5-1-2-6-26;3-2(4,5)1(6)7/h9-14,19-21,25-27,32,39H,1-8,15-18,38H2;(H,6,7)/t32-;/m0./s1. The summed E-state index contributed by atoms with van der Waals surface area (Å²) < 4.78 is 106. The van der Waals surface area contributed by atoms with Gasteiger partial charge in [0, 0.05) is 24.7 Å². The molecule has 3 aromatic carbocycles. The summed E-state index contributed by atoms with van der Waals surface area (Å²) in [7, 11) is -4.59. The molecule has 1 heterocycles. The summed E-state index contributed by atoms with van der Waals surface area (Å²) in [4.78, 5) is 23.7. The van der Waals surface area contributed by atoms with Gasteiger partial charge in [0.15, 0.2) is 6.04 Å². The zero-order valence-corrected chi connectivity index (χ0v) is 30.2. The lowest BCUT2D eigenvalue weighted by Gasteiger charge is -2.35. The normalized spacial score (nSPS) is 18.4. The molecule has 3 aromatic rings. The average Bonchev–Trinajstić information content (AvgIpc) is 3.83. The maximum atomic E-state index is 16.5. The van der Waals surface area contributed by atoms with Crippen LogP contribution in [0.25, 0.3) is 10.8 Å². The largest absolute Gasteiger partial charge is 0.490 e. The minimum absolute atomic E-state index is 0.0783. The van der Waals surface area contributed by atoms with Gasteiger partial charge in [-0.1, -0.05) is 29.8 Å². The Morgan fingerprint density at radius 1 is 0.830 bits per heavy atom. The number of carbonyl (C=O) groups is 2. The van der Waals surface area contributed by atoms with E-state index in [1.807, 2.05) is 6.07 Å². The maximum absolute atomic E-state index is 16.5. The molecule has 0 aromatic heterocycles. The molecule has 3 fully saturated rings. The van der Waals surface area contributed by atoms with Crippen LogP contribution >= 0.6 is 11.6 Å². The number of carboxylic acid groups (broad SMARTS) is 1. The first-order chi connectivity index (χ1) is 24.9. The van der Waals surface area contributed by atoms with Crippen molar-refractivity contribution in [3.8, 4) is 11.5 Å². The van der Waals surface area contributed by atoms with Crippen molar-refractivity contribution in [2.75, 3.05) is 13.1 Å². The fraction of sp³-hybridized carbons (Fsp3) is 0.500. The second kappa shape index (κ2) is 16.7. The van der Waals surface area contributed by atoms with Gasteiger partial charge in [-0.3, -0.25) is 4.79 Å². The fourth-order valence-corrected chi connectivity index (χ4v) is 7.99. The van der Waals surface area contributed by atoms with Gasteiger partial charge in [0.05, 0.1) is 22.1 Å². The summed E-state index contributed by atoms with van der Waals surface area (Å²) in [5, 5.41) is 8.62. The Hall–Kier alpha value is -3.73. The highest BCUT2D eigenvalue weighted by Crippen LogP contribution is 2.39. The number of carbonyl (C=O) groups excluding carboxylic acids is 1. The molecule has 2 aliphatic carbocycles. The van der Waals surface area contributed by atoms with Crippen LogP contribution in [0.4, 0.5) is 22.0 Å². The number of aliphatic carboxylic acids is 1. The summed E-state index contributed by atoms with van der Waals surface area (Å²) >= 11 is 6.31. The summed E-state index contributed by atoms with van der Waals surface area (Å²) in [5.74, 6) is -6.96. The highest BCUT2D eigenvalue weighted by Gasteiger charge is 2.50. The number of sulfonamides is 1. The Morgan fingerprint density at radius 2 is 1.38 bits per heavy atom. The van der Waals surface area contributed by atoms with Crippen molar-refractivity contribution in [1.29, 1.82) is 0 Å². The number of hydrogen-bond acceptors (Lipinski definition) is 7. The second-order valence-electron chi connectivity index (χ2n) is 13.5. The van der Waals surface area contributed by atoms with Gasteiger partial charge in [0.25, 0.3) is 5.92 Å².